The number of aliphatic imine (C=N–C) groups is 6. The molecule has 4 aromatic rings. The summed E-state index contributed by atoms with van der Waals surface area (Å²) in [6, 6.07) is 32.2. The number of fused-ring (bicyclic) bond motifs is 18. The molecule has 1 radical (unpaired) electrons. The molecular formula is C34H24CuN8. The fourth-order valence-electron chi connectivity index (χ4n) is 5.72. The van der Waals surface area contributed by atoms with E-state index in [9.17, 15) is 0 Å². The van der Waals surface area contributed by atoms with E-state index >= 15 is 0 Å². The summed E-state index contributed by atoms with van der Waals surface area (Å²) in [5.41, 5.74) is 7.51. The summed E-state index contributed by atoms with van der Waals surface area (Å²) in [7, 11) is 0. The molecule has 5 aliphatic rings. The minimum Gasteiger partial charge on any atom is -0.438 e. The molecule has 0 saturated heterocycles. The summed E-state index contributed by atoms with van der Waals surface area (Å²) in [6.07, 6.45) is -0.957. The standard InChI is InChI=1S/C32H18N8.C2H6.Cu/c1-2-10-18-17(9-1)25-33-26(18)38-28-21-13-5-6-14-22(21)30(35-28)40-32-24-16-8-7-15-23(24)31(36-32)39-29-20-12-4-3-11-19(20)27(34-29)37-25;1-2;/h1-16,25,32H;1-2H3;/q-2;;+2. The van der Waals surface area contributed by atoms with Gasteiger partial charge < -0.3 is 20.6 Å². The average molecular weight is 608 g/mol. The Kier molecular flexibility index (Phi) is 6.69. The van der Waals surface area contributed by atoms with Crippen LogP contribution < -0.4 is 0 Å². The van der Waals surface area contributed by atoms with Crippen molar-refractivity contribution in [2.75, 3.05) is 0 Å². The summed E-state index contributed by atoms with van der Waals surface area (Å²) in [6.45, 7) is 4.00. The van der Waals surface area contributed by atoms with Gasteiger partial charge in [-0.3, -0.25) is 9.98 Å². The van der Waals surface area contributed by atoms with Crippen LogP contribution in [-0.2, 0) is 17.1 Å². The van der Waals surface area contributed by atoms with E-state index < -0.39 is 12.3 Å². The monoisotopic (exact) mass is 607 g/mol. The molecule has 0 amide bonds. The largest absolute Gasteiger partial charge is 2.00 e. The van der Waals surface area contributed by atoms with Gasteiger partial charge in [0.2, 0.25) is 0 Å². The number of benzene rings is 4. The van der Waals surface area contributed by atoms with E-state index in [1.165, 1.54) is 0 Å². The van der Waals surface area contributed by atoms with Crippen LogP contribution in [-0.4, -0.2) is 35.0 Å². The van der Waals surface area contributed by atoms with Gasteiger partial charge in [-0.05, 0) is 22.3 Å². The zero-order valence-corrected chi connectivity index (χ0v) is 24.2. The third kappa shape index (κ3) is 4.28. The van der Waals surface area contributed by atoms with Gasteiger partial charge in [0.25, 0.3) is 0 Å². The molecule has 2 atom stereocenters. The van der Waals surface area contributed by atoms with E-state index in [0.717, 1.165) is 44.5 Å². The van der Waals surface area contributed by atoms with Gasteiger partial charge >= 0.3 is 17.1 Å². The molecule has 0 spiro atoms. The summed E-state index contributed by atoms with van der Waals surface area (Å²) in [5.74, 6) is 3.54. The van der Waals surface area contributed by atoms with Crippen LogP contribution in [0.3, 0.4) is 0 Å². The van der Waals surface area contributed by atoms with E-state index in [-0.39, 0.29) is 17.1 Å². The van der Waals surface area contributed by atoms with Crippen LogP contribution in [0.5, 0.6) is 0 Å². The summed E-state index contributed by atoms with van der Waals surface area (Å²) >= 11 is 0. The number of hydrogen-bond acceptors (Lipinski definition) is 6. The molecule has 9 heteroatoms. The quantitative estimate of drug-likeness (QED) is 0.190. The first-order valence-electron chi connectivity index (χ1n) is 14.1. The molecule has 0 aliphatic carbocycles. The van der Waals surface area contributed by atoms with Crippen LogP contribution in [0, 0.1) is 0 Å². The van der Waals surface area contributed by atoms with Gasteiger partial charge in [-0.2, -0.15) is 0 Å². The number of rotatable bonds is 0. The Morgan fingerprint density at radius 3 is 1.14 bits per heavy atom. The van der Waals surface area contributed by atoms with Crippen LogP contribution >= 0.6 is 0 Å². The molecule has 43 heavy (non-hydrogen) atoms. The Bertz CT molecular complexity index is 1840. The molecule has 5 heterocycles. The maximum absolute atomic E-state index is 5.04. The molecule has 0 N–H and O–H groups in total. The van der Waals surface area contributed by atoms with Crippen molar-refractivity contribution in [3.63, 3.8) is 0 Å². The van der Waals surface area contributed by atoms with Crippen molar-refractivity contribution in [1.82, 2.24) is 0 Å². The number of amidine groups is 6. The van der Waals surface area contributed by atoms with Gasteiger partial charge in [0.05, 0.1) is 24.0 Å². The van der Waals surface area contributed by atoms with E-state index in [0.29, 0.717) is 35.0 Å². The van der Waals surface area contributed by atoms with Crippen molar-refractivity contribution in [2.45, 2.75) is 26.2 Å². The first-order chi connectivity index (χ1) is 20.8. The van der Waals surface area contributed by atoms with Crippen molar-refractivity contribution >= 4 is 35.0 Å². The van der Waals surface area contributed by atoms with E-state index in [2.05, 4.69) is 0 Å². The van der Waals surface area contributed by atoms with Crippen molar-refractivity contribution in [1.29, 1.82) is 0 Å². The van der Waals surface area contributed by atoms with Gasteiger partial charge in [0, 0.05) is 22.3 Å². The molecule has 2 unspecified atom stereocenters. The normalized spacial score (nSPS) is 19.5. The molecule has 8 bridgehead atoms. The van der Waals surface area contributed by atoms with E-state index in [1.54, 1.807) is 0 Å². The average Bonchev–Trinajstić information content (AvgIpc) is 3.78. The van der Waals surface area contributed by atoms with E-state index in [4.69, 9.17) is 40.6 Å². The maximum Gasteiger partial charge on any atom is 2.00 e. The van der Waals surface area contributed by atoms with Crippen LogP contribution in [0.4, 0.5) is 0 Å². The Hall–Kier alpha value is -4.98. The van der Waals surface area contributed by atoms with Gasteiger partial charge in [-0.1, -0.05) is 123 Å². The Balaban J connectivity index is 0.000000981. The van der Waals surface area contributed by atoms with Crippen molar-refractivity contribution in [3.8, 4) is 0 Å². The minimum absolute atomic E-state index is 0. The predicted molar refractivity (Wildman–Crippen MR) is 169 cm³/mol. The maximum atomic E-state index is 5.04. The predicted octanol–water partition coefficient (Wildman–Crippen LogP) is 7.10. The van der Waals surface area contributed by atoms with Crippen LogP contribution in [0.2, 0.25) is 0 Å². The van der Waals surface area contributed by atoms with Crippen LogP contribution in [0.1, 0.15) is 70.7 Å². The van der Waals surface area contributed by atoms with Gasteiger partial charge in [0.1, 0.15) is 0 Å². The van der Waals surface area contributed by atoms with Crippen LogP contribution in [0.25, 0.3) is 10.6 Å². The van der Waals surface area contributed by atoms with Gasteiger partial charge in [-0.15, -0.1) is 0 Å². The number of hydrogen-bond donors (Lipinski definition) is 0. The molecule has 0 aromatic heterocycles. The second-order valence-electron chi connectivity index (χ2n) is 9.92. The third-order valence-electron chi connectivity index (χ3n) is 7.60. The second-order valence-corrected chi connectivity index (χ2v) is 9.92. The summed E-state index contributed by atoms with van der Waals surface area (Å²) < 4.78 is 0. The number of nitrogens with zero attached hydrogens (tertiary/aromatic N) is 8. The molecule has 0 fully saturated rings. The molecule has 4 aromatic carbocycles. The molecular weight excluding hydrogens is 584 g/mol. The minimum atomic E-state index is -0.478. The fraction of sp³-hybridized carbons (Fsp3) is 0.118. The first-order valence-corrected chi connectivity index (χ1v) is 14.1. The van der Waals surface area contributed by atoms with Crippen LogP contribution in [0.15, 0.2) is 127 Å². The van der Waals surface area contributed by atoms with Crippen molar-refractivity contribution < 1.29 is 17.1 Å². The molecule has 5 aliphatic heterocycles. The smallest absolute Gasteiger partial charge is 0.438 e. The molecule has 8 nitrogen and oxygen atoms in total. The summed E-state index contributed by atoms with van der Waals surface area (Å²) in [4.78, 5) is 29.8. The van der Waals surface area contributed by atoms with Crippen molar-refractivity contribution in [2.24, 2.45) is 30.0 Å². The topological polar surface area (TPSA) is 102 Å². The Morgan fingerprint density at radius 2 is 0.744 bits per heavy atom. The Labute approximate surface area is 259 Å². The Morgan fingerprint density at radius 1 is 0.419 bits per heavy atom. The van der Waals surface area contributed by atoms with Crippen molar-refractivity contribution in [3.05, 3.63) is 152 Å². The molecule has 9 rings (SSSR count). The van der Waals surface area contributed by atoms with Gasteiger partial charge in [-0.25, -0.2) is 9.98 Å². The first kappa shape index (κ1) is 26.9. The molecule has 211 valence electrons. The SMILES string of the molecule is CC.[Cu+2].c1ccc2c(c1)C1=NC2=NC2[N-]C(=NC3=NC(=NC4[N-]C(=N1)c1ccccc14)c1ccccc13)c1ccccc12. The molecule has 0 saturated carbocycles. The fourth-order valence-corrected chi connectivity index (χ4v) is 5.72. The zero-order valence-electron chi connectivity index (χ0n) is 23.3. The van der Waals surface area contributed by atoms with Gasteiger partial charge in [0.15, 0.2) is 11.7 Å². The zero-order chi connectivity index (χ0) is 28.2. The third-order valence-corrected chi connectivity index (χ3v) is 7.60. The summed E-state index contributed by atoms with van der Waals surface area (Å²) in [5, 5.41) is 9.92. The second kappa shape index (κ2) is 10.7. The van der Waals surface area contributed by atoms with E-state index in [1.807, 2.05) is 111 Å².